The van der Waals surface area contributed by atoms with Gasteiger partial charge in [0, 0.05) is 23.9 Å². The lowest BCUT2D eigenvalue weighted by atomic mass is 10.2. The zero-order chi connectivity index (χ0) is 22.6. The molecule has 162 valence electrons. The summed E-state index contributed by atoms with van der Waals surface area (Å²) < 4.78 is 49.5. The Kier molecular flexibility index (Phi) is 9.97. The van der Waals surface area contributed by atoms with Crippen molar-refractivity contribution >= 4 is 11.9 Å². The number of aromatic nitrogens is 1. The minimum atomic E-state index is -5.08. The number of aliphatic carboxylic acids is 1. The van der Waals surface area contributed by atoms with Gasteiger partial charge in [0.1, 0.15) is 12.4 Å². The second-order valence-corrected chi connectivity index (χ2v) is 5.59. The zero-order valence-electron chi connectivity index (χ0n) is 15.5. The highest BCUT2D eigenvalue weighted by atomic mass is 19.4. The molecule has 0 fully saturated rings. The highest BCUT2D eigenvalue weighted by molar-refractivity contribution is 5.94. The molecule has 1 heterocycles. The number of ether oxygens (including phenoxy) is 1. The van der Waals surface area contributed by atoms with Crippen LogP contribution < -0.4 is 15.8 Å². The normalized spacial score (nSPS) is 11.2. The van der Waals surface area contributed by atoms with Crippen molar-refractivity contribution < 1.29 is 37.0 Å². The van der Waals surface area contributed by atoms with E-state index in [1.54, 1.807) is 30.5 Å². The number of carbonyl (C=O) groups is 2. The van der Waals surface area contributed by atoms with Gasteiger partial charge in [0.15, 0.2) is 0 Å². The molecular weight excluding hydrogens is 410 g/mol. The molecule has 0 bridgehead atoms. The van der Waals surface area contributed by atoms with Gasteiger partial charge in [-0.25, -0.2) is 9.18 Å². The Hall–Kier alpha value is -3.47. The van der Waals surface area contributed by atoms with E-state index in [4.69, 9.17) is 20.4 Å². The number of benzene rings is 1. The third kappa shape index (κ3) is 9.15. The molecule has 1 aromatic heterocycles. The Morgan fingerprint density at radius 2 is 1.80 bits per heavy atom. The average molecular weight is 429 g/mol. The Morgan fingerprint density at radius 1 is 1.17 bits per heavy atom. The molecular formula is C19H19F4N3O4. The van der Waals surface area contributed by atoms with E-state index in [1.165, 1.54) is 0 Å². The van der Waals surface area contributed by atoms with Crippen LogP contribution in [-0.4, -0.2) is 41.3 Å². The van der Waals surface area contributed by atoms with Gasteiger partial charge >= 0.3 is 12.1 Å². The fraction of sp³-hybridized carbons (Fsp3) is 0.211. The Morgan fingerprint density at radius 3 is 2.27 bits per heavy atom. The van der Waals surface area contributed by atoms with Crippen molar-refractivity contribution in [1.29, 1.82) is 0 Å². The second kappa shape index (κ2) is 12.2. The van der Waals surface area contributed by atoms with E-state index >= 15 is 0 Å². The van der Waals surface area contributed by atoms with Crippen LogP contribution in [0.4, 0.5) is 17.6 Å². The molecule has 7 nitrogen and oxygen atoms in total. The number of alkyl halides is 3. The summed E-state index contributed by atoms with van der Waals surface area (Å²) in [6.07, 6.45) is -2.96. The van der Waals surface area contributed by atoms with Crippen molar-refractivity contribution in [3.8, 4) is 5.75 Å². The first-order valence-electron chi connectivity index (χ1n) is 8.36. The molecule has 2 aromatic rings. The van der Waals surface area contributed by atoms with Crippen LogP contribution in [0.3, 0.4) is 0 Å². The third-order valence-corrected chi connectivity index (χ3v) is 3.36. The molecule has 0 aliphatic heterocycles. The van der Waals surface area contributed by atoms with Crippen LogP contribution in [0.1, 0.15) is 16.1 Å². The van der Waals surface area contributed by atoms with Crippen molar-refractivity contribution in [3.05, 3.63) is 71.8 Å². The molecule has 0 aliphatic carbocycles. The lowest BCUT2D eigenvalue weighted by Gasteiger charge is -2.08. The van der Waals surface area contributed by atoms with Crippen LogP contribution in [0.25, 0.3) is 0 Å². The highest BCUT2D eigenvalue weighted by Crippen LogP contribution is 2.14. The first-order valence-corrected chi connectivity index (χ1v) is 8.36. The fourth-order valence-electron chi connectivity index (χ4n) is 1.79. The number of rotatable bonds is 7. The Bertz CT molecular complexity index is 841. The minimum Gasteiger partial charge on any atom is -0.489 e. The Labute approximate surface area is 169 Å². The number of amides is 1. The summed E-state index contributed by atoms with van der Waals surface area (Å²) in [4.78, 5) is 25.1. The molecule has 0 unspecified atom stereocenters. The smallest absolute Gasteiger partial charge is 0.489 e. The molecule has 1 aromatic carbocycles. The monoisotopic (exact) mass is 429 g/mol. The first-order chi connectivity index (χ1) is 14.2. The molecule has 1 amide bonds. The number of hydrogen-bond acceptors (Lipinski definition) is 5. The summed E-state index contributed by atoms with van der Waals surface area (Å²) in [7, 11) is 0. The second-order valence-electron chi connectivity index (χ2n) is 5.59. The molecule has 0 atom stereocenters. The van der Waals surface area contributed by atoms with E-state index in [0.29, 0.717) is 29.8 Å². The SMILES string of the molecule is NC/C(=C\F)COc1ccc(C(=O)NCc2ccccn2)cc1.O=C(O)C(F)(F)F. The number of halogens is 4. The van der Waals surface area contributed by atoms with Crippen LogP contribution in [0.2, 0.25) is 0 Å². The molecule has 30 heavy (non-hydrogen) atoms. The van der Waals surface area contributed by atoms with Crippen molar-refractivity contribution in [2.75, 3.05) is 13.2 Å². The number of hydrogen-bond donors (Lipinski definition) is 3. The van der Waals surface area contributed by atoms with Gasteiger partial charge in [0.25, 0.3) is 5.91 Å². The number of carboxylic acids is 1. The summed E-state index contributed by atoms with van der Waals surface area (Å²) in [5, 5.41) is 9.91. The predicted molar refractivity (Wildman–Crippen MR) is 99.3 cm³/mol. The average Bonchev–Trinajstić information content (AvgIpc) is 2.73. The molecule has 11 heteroatoms. The van der Waals surface area contributed by atoms with Crippen molar-refractivity contribution in [2.24, 2.45) is 5.73 Å². The molecule has 0 radical (unpaired) electrons. The largest absolute Gasteiger partial charge is 0.490 e. The van der Waals surface area contributed by atoms with Gasteiger partial charge in [-0.2, -0.15) is 13.2 Å². The van der Waals surface area contributed by atoms with E-state index in [1.807, 2.05) is 18.2 Å². The van der Waals surface area contributed by atoms with Gasteiger partial charge in [-0.05, 0) is 36.4 Å². The number of nitrogens with zero attached hydrogens (tertiary/aromatic N) is 1. The van der Waals surface area contributed by atoms with Crippen LogP contribution >= 0.6 is 0 Å². The quantitative estimate of drug-likeness (QED) is 0.583. The maximum absolute atomic E-state index is 12.4. The molecule has 0 aliphatic rings. The number of pyridine rings is 1. The van der Waals surface area contributed by atoms with Crippen LogP contribution in [0.15, 0.2) is 60.6 Å². The summed E-state index contributed by atoms with van der Waals surface area (Å²) in [6, 6.07) is 12.1. The molecule has 0 saturated heterocycles. The molecule has 0 saturated carbocycles. The summed E-state index contributed by atoms with van der Waals surface area (Å²) in [5.74, 6) is -2.42. The lowest BCUT2D eigenvalue weighted by molar-refractivity contribution is -0.192. The van der Waals surface area contributed by atoms with E-state index in [2.05, 4.69) is 10.3 Å². The standard InChI is InChI=1S/C17H18FN3O2.C2HF3O2/c18-9-13(10-19)12-23-16-6-4-14(5-7-16)17(22)21-11-15-3-1-2-8-20-15;3-2(4,5)1(6)7/h1-9H,10-12,19H2,(H,21,22);(H,6,7)/b13-9+;. The van der Waals surface area contributed by atoms with E-state index in [-0.39, 0.29) is 19.1 Å². The highest BCUT2D eigenvalue weighted by Gasteiger charge is 2.38. The minimum absolute atomic E-state index is 0.0816. The zero-order valence-corrected chi connectivity index (χ0v) is 15.5. The van der Waals surface area contributed by atoms with Crippen molar-refractivity contribution in [3.63, 3.8) is 0 Å². The summed E-state index contributed by atoms with van der Waals surface area (Å²) >= 11 is 0. The molecule has 2 rings (SSSR count). The lowest BCUT2D eigenvalue weighted by Crippen LogP contribution is -2.23. The predicted octanol–water partition coefficient (Wildman–Crippen LogP) is 2.84. The number of nitrogens with two attached hydrogens (primary N) is 1. The maximum Gasteiger partial charge on any atom is 0.490 e. The number of carboxylic acid groups (broad SMARTS) is 1. The fourth-order valence-corrected chi connectivity index (χ4v) is 1.79. The van der Waals surface area contributed by atoms with Crippen LogP contribution in [-0.2, 0) is 11.3 Å². The van der Waals surface area contributed by atoms with Crippen molar-refractivity contribution in [2.45, 2.75) is 12.7 Å². The van der Waals surface area contributed by atoms with Crippen molar-refractivity contribution in [1.82, 2.24) is 10.3 Å². The van der Waals surface area contributed by atoms with Gasteiger partial charge in [0.2, 0.25) is 0 Å². The van der Waals surface area contributed by atoms with E-state index < -0.39 is 12.1 Å². The summed E-state index contributed by atoms with van der Waals surface area (Å²) in [5.41, 5.74) is 7.00. The van der Waals surface area contributed by atoms with E-state index in [9.17, 15) is 22.4 Å². The topological polar surface area (TPSA) is 115 Å². The third-order valence-electron chi connectivity index (χ3n) is 3.36. The van der Waals surface area contributed by atoms with Crippen LogP contribution in [0, 0.1) is 0 Å². The molecule has 4 N–H and O–H groups in total. The number of carbonyl (C=O) groups excluding carboxylic acids is 1. The maximum atomic E-state index is 12.4. The Balaban J connectivity index is 0.000000553. The van der Waals surface area contributed by atoms with Gasteiger partial charge in [0.05, 0.1) is 18.6 Å². The van der Waals surface area contributed by atoms with Gasteiger partial charge in [-0.1, -0.05) is 6.07 Å². The van der Waals surface area contributed by atoms with Gasteiger partial charge < -0.3 is 20.9 Å². The summed E-state index contributed by atoms with van der Waals surface area (Å²) in [6.45, 7) is 0.543. The van der Waals surface area contributed by atoms with Gasteiger partial charge in [-0.3, -0.25) is 9.78 Å². The number of nitrogens with one attached hydrogen (secondary N) is 1. The molecule has 0 spiro atoms. The first kappa shape index (κ1) is 24.6. The van der Waals surface area contributed by atoms with E-state index in [0.717, 1.165) is 5.69 Å². The van der Waals surface area contributed by atoms with Crippen LogP contribution in [0.5, 0.6) is 5.75 Å². The van der Waals surface area contributed by atoms with Gasteiger partial charge in [-0.15, -0.1) is 0 Å².